The van der Waals surface area contributed by atoms with Crippen molar-refractivity contribution in [3.63, 3.8) is 0 Å². The molecule has 17 heavy (non-hydrogen) atoms. The molecule has 1 N–H and O–H groups in total. The number of benzene rings is 1. The number of rotatable bonds is 5. The van der Waals surface area contributed by atoms with Crippen LogP contribution in [0.15, 0.2) is 29.2 Å². The number of nitrogens with one attached hydrogen (secondary N) is 1. The number of halogens is 2. The summed E-state index contributed by atoms with van der Waals surface area (Å²) in [7, 11) is -3.19. The topological polar surface area (TPSA) is 46.2 Å². The van der Waals surface area contributed by atoms with E-state index in [1.165, 1.54) is 12.1 Å². The van der Waals surface area contributed by atoms with Gasteiger partial charge in [-0.05, 0) is 24.3 Å². The lowest BCUT2D eigenvalue weighted by Crippen LogP contribution is -2.28. The fourth-order valence-corrected chi connectivity index (χ4v) is 2.54. The molecule has 0 radical (unpaired) electrons. The Morgan fingerprint density at radius 2 is 1.76 bits per heavy atom. The Kier molecular flexibility index (Phi) is 7.09. The number of hydrogen-bond donors (Lipinski definition) is 1. The Hall–Kier alpha value is -0.290. The van der Waals surface area contributed by atoms with E-state index in [0.29, 0.717) is 22.5 Å². The molecule has 0 atom stereocenters. The molecule has 0 fully saturated rings. The van der Waals surface area contributed by atoms with Gasteiger partial charge in [-0.1, -0.05) is 25.4 Å². The van der Waals surface area contributed by atoms with Crippen LogP contribution in [0.1, 0.15) is 13.8 Å². The lowest BCUT2D eigenvalue weighted by molar-refractivity contribution is 0.578. The first-order valence-corrected chi connectivity index (χ1v) is 7.16. The largest absolute Gasteiger partial charge is 0.314 e. The third kappa shape index (κ3) is 5.73. The third-order valence-electron chi connectivity index (χ3n) is 2.10. The molecule has 0 heterocycles. The molecule has 1 aromatic rings. The van der Waals surface area contributed by atoms with Gasteiger partial charge in [-0.25, -0.2) is 8.42 Å². The predicted octanol–water partition coefficient (Wildman–Crippen LogP) is 2.53. The summed E-state index contributed by atoms with van der Waals surface area (Å²) in [6.45, 7) is 4.42. The van der Waals surface area contributed by atoms with E-state index in [2.05, 4.69) is 5.32 Å². The first-order valence-electron chi connectivity index (χ1n) is 5.13. The van der Waals surface area contributed by atoms with Crippen LogP contribution in [0.25, 0.3) is 0 Å². The molecule has 0 saturated carbocycles. The van der Waals surface area contributed by atoms with Gasteiger partial charge in [0, 0.05) is 17.6 Å². The van der Waals surface area contributed by atoms with E-state index >= 15 is 0 Å². The minimum Gasteiger partial charge on any atom is -0.314 e. The zero-order valence-corrected chi connectivity index (χ0v) is 12.2. The van der Waals surface area contributed by atoms with Crippen molar-refractivity contribution in [2.24, 2.45) is 0 Å². The van der Waals surface area contributed by atoms with Crippen LogP contribution in [0.5, 0.6) is 0 Å². The molecule has 98 valence electrons. The zero-order chi connectivity index (χ0) is 12.2. The van der Waals surface area contributed by atoms with Gasteiger partial charge in [0.2, 0.25) is 0 Å². The van der Waals surface area contributed by atoms with Crippen LogP contribution >= 0.6 is 24.0 Å². The van der Waals surface area contributed by atoms with Gasteiger partial charge < -0.3 is 5.32 Å². The molecule has 0 amide bonds. The predicted molar refractivity (Wildman–Crippen MR) is 73.9 cm³/mol. The van der Waals surface area contributed by atoms with Gasteiger partial charge in [0.15, 0.2) is 9.84 Å². The van der Waals surface area contributed by atoms with E-state index in [0.717, 1.165) is 0 Å². The van der Waals surface area contributed by atoms with Gasteiger partial charge in [-0.3, -0.25) is 0 Å². The van der Waals surface area contributed by atoms with E-state index < -0.39 is 9.84 Å². The van der Waals surface area contributed by atoms with Gasteiger partial charge >= 0.3 is 0 Å². The molecule has 1 rings (SSSR count). The maximum Gasteiger partial charge on any atom is 0.179 e. The summed E-state index contributed by atoms with van der Waals surface area (Å²) in [5.74, 6) is 0.104. The number of hydrogen-bond acceptors (Lipinski definition) is 3. The Bertz CT molecular complexity index is 429. The molecule has 0 spiro atoms. The van der Waals surface area contributed by atoms with Crippen LogP contribution in [0, 0.1) is 0 Å². The second kappa shape index (κ2) is 7.21. The molecule has 0 unspecified atom stereocenters. The SMILES string of the molecule is CC(C)NCCS(=O)(=O)c1ccc(Cl)cc1.Cl. The highest BCUT2D eigenvalue weighted by Crippen LogP contribution is 2.14. The third-order valence-corrected chi connectivity index (χ3v) is 4.08. The van der Waals surface area contributed by atoms with Crippen LogP contribution in [-0.2, 0) is 9.84 Å². The maximum atomic E-state index is 11.8. The summed E-state index contributed by atoms with van der Waals surface area (Å²) in [4.78, 5) is 0.322. The summed E-state index contributed by atoms with van der Waals surface area (Å²) in [6.07, 6.45) is 0. The highest BCUT2D eigenvalue weighted by atomic mass is 35.5. The lowest BCUT2D eigenvalue weighted by atomic mass is 10.4. The van der Waals surface area contributed by atoms with Crippen molar-refractivity contribution in [1.82, 2.24) is 5.32 Å². The molecule has 6 heteroatoms. The smallest absolute Gasteiger partial charge is 0.179 e. The standard InChI is InChI=1S/C11H16ClNO2S.ClH/c1-9(2)13-7-8-16(14,15)11-5-3-10(12)4-6-11;/h3-6,9,13H,7-8H2,1-2H3;1H. The molecule has 0 aromatic heterocycles. The molecule has 0 aliphatic carbocycles. The quantitative estimate of drug-likeness (QED) is 0.908. The van der Waals surface area contributed by atoms with Crippen molar-refractivity contribution < 1.29 is 8.42 Å². The first kappa shape index (κ1) is 16.7. The fourth-order valence-electron chi connectivity index (χ4n) is 1.24. The number of sulfone groups is 1. The minimum absolute atomic E-state index is 0. The fraction of sp³-hybridized carbons (Fsp3) is 0.455. The molecular formula is C11H17Cl2NO2S. The summed E-state index contributed by atoms with van der Waals surface area (Å²) in [6, 6.07) is 6.54. The minimum atomic E-state index is -3.19. The lowest BCUT2D eigenvalue weighted by Gasteiger charge is -2.08. The summed E-state index contributed by atoms with van der Waals surface area (Å²) >= 11 is 5.70. The maximum absolute atomic E-state index is 11.8. The Balaban J connectivity index is 0.00000256. The van der Waals surface area contributed by atoms with Gasteiger partial charge in [0.05, 0.1) is 10.6 Å². The van der Waals surface area contributed by atoms with Gasteiger partial charge in [-0.2, -0.15) is 0 Å². The van der Waals surface area contributed by atoms with Crippen LogP contribution < -0.4 is 5.32 Å². The molecule has 3 nitrogen and oxygen atoms in total. The second-order valence-electron chi connectivity index (χ2n) is 3.88. The first-order chi connectivity index (χ1) is 7.42. The molecule has 1 aromatic carbocycles. The summed E-state index contributed by atoms with van der Waals surface area (Å²) in [5, 5.41) is 3.62. The second-order valence-corrected chi connectivity index (χ2v) is 6.43. The van der Waals surface area contributed by atoms with E-state index in [1.54, 1.807) is 12.1 Å². The molecule has 0 aliphatic heterocycles. The van der Waals surface area contributed by atoms with Crippen LogP contribution in [0.3, 0.4) is 0 Å². The van der Waals surface area contributed by atoms with Crippen molar-refractivity contribution in [1.29, 1.82) is 0 Å². The van der Waals surface area contributed by atoms with E-state index in [-0.39, 0.29) is 18.2 Å². The molecule has 0 bridgehead atoms. The van der Waals surface area contributed by atoms with Crippen LogP contribution in [-0.4, -0.2) is 26.8 Å². The monoisotopic (exact) mass is 297 g/mol. The average Bonchev–Trinajstić information content (AvgIpc) is 2.17. The van der Waals surface area contributed by atoms with Crippen molar-refractivity contribution in [2.45, 2.75) is 24.8 Å². The molecule has 0 aliphatic rings. The van der Waals surface area contributed by atoms with Crippen molar-refractivity contribution in [3.8, 4) is 0 Å². The van der Waals surface area contributed by atoms with Gasteiger partial charge in [0.25, 0.3) is 0 Å². The van der Waals surface area contributed by atoms with E-state index in [1.807, 2.05) is 13.8 Å². The van der Waals surface area contributed by atoms with Gasteiger partial charge in [-0.15, -0.1) is 12.4 Å². The summed E-state index contributed by atoms with van der Waals surface area (Å²) in [5.41, 5.74) is 0. The Morgan fingerprint density at radius 1 is 1.24 bits per heavy atom. The molecule has 0 saturated heterocycles. The summed E-state index contributed by atoms with van der Waals surface area (Å²) < 4.78 is 23.7. The Morgan fingerprint density at radius 3 is 2.24 bits per heavy atom. The Labute approximate surface area is 114 Å². The van der Waals surface area contributed by atoms with Crippen LogP contribution in [0.4, 0.5) is 0 Å². The van der Waals surface area contributed by atoms with Crippen molar-refractivity contribution in [2.75, 3.05) is 12.3 Å². The van der Waals surface area contributed by atoms with Crippen LogP contribution in [0.2, 0.25) is 5.02 Å². The molecular weight excluding hydrogens is 281 g/mol. The normalized spacial score (nSPS) is 11.3. The van der Waals surface area contributed by atoms with Crippen molar-refractivity contribution >= 4 is 33.8 Å². The highest BCUT2D eigenvalue weighted by Gasteiger charge is 2.13. The highest BCUT2D eigenvalue weighted by molar-refractivity contribution is 7.91. The van der Waals surface area contributed by atoms with Crippen molar-refractivity contribution in [3.05, 3.63) is 29.3 Å². The zero-order valence-electron chi connectivity index (χ0n) is 9.81. The van der Waals surface area contributed by atoms with E-state index in [9.17, 15) is 8.42 Å². The van der Waals surface area contributed by atoms with Gasteiger partial charge in [0.1, 0.15) is 0 Å². The average molecular weight is 298 g/mol. The van der Waals surface area contributed by atoms with E-state index in [4.69, 9.17) is 11.6 Å².